The Bertz CT molecular complexity index is 582. The zero-order chi connectivity index (χ0) is 14.9. The molecule has 0 bridgehead atoms. The number of hydrogen-bond donors (Lipinski definition) is 1. The zero-order valence-corrected chi connectivity index (χ0v) is 13.5. The van der Waals surface area contributed by atoms with Crippen molar-refractivity contribution in [1.29, 1.82) is 0 Å². The third kappa shape index (κ3) is 3.77. The van der Waals surface area contributed by atoms with E-state index in [0.717, 1.165) is 29.6 Å². The van der Waals surface area contributed by atoms with Crippen LogP contribution in [0.15, 0.2) is 28.7 Å². The first-order valence-corrected chi connectivity index (χ1v) is 7.57. The minimum atomic E-state index is -0.0733. The van der Waals surface area contributed by atoms with Gasteiger partial charge in [0.1, 0.15) is 5.76 Å². The van der Waals surface area contributed by atoms with Crippen LogP contribution >= 0.6 is 11.6 Å². The van der Waals surface area contributed by atoms with E-state index in [1.54, 1.807) is 0 Å². The van der Waals surface area contributed by atoms with Crippen LogP contribution in [0, 0.1) is 11.3 Å². The molecule has 110 valence electrons. The molecule has 3 heteroatoms. The molecule has 0 radical (unpaired) electrons. The number of halogens is 1. The van der Waals surface area contributed by atoms with Crippen molar-refractivity contribution in [2.24, 2.45) is 17.1 Å². The van der Waals surface area contributed by atoms with Crippen molar-refractivity contribution < 1.29 is 4.42 Å². The number of benzene rings is 1. The maximum Gasteiger partial charge on any atom is 0.152 e. The standard InChI is InChI=1S/C17H24ClNO/c1-11(10-17(2,3)4)8-14(19)15-9-12-6-5-7-13(18)16(12)20-15/h5-7,9,11,14H,8,10,19H2,1-4H3. The molecule has 2 N–H and O–H groups in total. The first-order chi connectivity index (χ1) is 9.26. The molecule has 1 aromatic carbocycles. The van der Waals surface area contributed by atoms with E-state index in [-0.39, 0.29) is 6.04 Å². The van der Waals surface area contributed by atoms with Gasteiger partial charge in [0.2, 0.25) is 0 Å². The van der Waals surface area contributed by atoms with Crippen LogP contribution in [0.3, 0.4) is 0 Å². The second-order valence-corrected chi connectivity index (χ2v) is 7.43. The molecule has 2 atom stereocenters. The molecule has 0 aliphatic rings. The van der Waals surface area contributed by atoms with Crippen molar-refractivity contribution in [1.82, 2.24) is 0 Å². The molecule has 0 spiro atoms. The van der Waals surface area contributed by atoms with Crippen LogP contribution in [-0.4, -0.2) is 0 Å². The number of furan rings is 1. The molecule has 0 aliphatic carbocycles. The first-order valence-electron chi connectivity index (χ1n) is 7.20. The average Bonchev–Trinajstić information content (AvgIpc) is 2.71. The van der Waals surface area contributed by atoms with Gasteiger partial charge in [-0.3, -0.25) is 0 Å². The number of para-hydroxylation sites is 1. The summed E-state index contributed by atoms with van der Waals surface area (Å²) >= 11 is 6.13. The SMILES string of the molecule is CC(CC(N)c1cc2cccc(Cl)c2o1)CC(C)(C)C. The maximum atomic E-state index is 6.29. The topological polar surface area (TPSA) is 39.2 Å². The van der Waals surface area contributed by atoms with Gasteiger partial charge in [-0.15, -0.1) is 0 Å². The Kier molecular flexibility index (Phi) is 4.46. The van der Waals surface area contributed by atoms with Gasteiger partial charge in [0.15, 0.2) is 5.58 Å². The van der Waals surface area contributed by atoms with Gasteiger partial charge in [-0.25, -0.2) is 0 Å². The second kappa shape index (κ2) is 5.79. The maximum absolute atomic E-state index is 6.29. The average molecular weight is 294 g/mol. The van der Waals surface area contributed by atoms with Gasteiger partial charge in [-0.05, 0) is 36.3 Å². The molecule has 0 amide bonds. The Labute approximate surface area is 126 Å². The quantitative estimate of drug-likeness (QED) is 0.803. The molecule has 0 aliphatic heterocycles. The lowest BCUT2D eigenvalue weighted by Gasteiger charge is -2.24. The molecule has 2 rings (SSSR count). The molecule has 0 saturated heterocycles. The summed E-state index contributed by atoms with van der Waals surface area (Å²) in [5.41, 5.74) is 7.36. The summed E-state index contributed by atoms with van der Waals surface area (Å²) in [5, 5.41) is 1.66. The second-order valence-electron chi connectivity index (χ2n) is 7.02. The van der Waals surface area contributed by atoms with Gasteiger partial charge in [-0.2, -0.15) is 0 Å². The van der Waals surface area contributed by atoms with Crippen LogP contribution in [0.4, 0.5) is 0 Å². The van der Waals surface area contributed by atoms with Gasteiger partial charge in [0, 0.05) is 5.39 Å². The van der Waals surface area contributed by atoms with E-state index in [0.29, 0.717) is 16.4 Å². The van der Waals surface area contributed by atoms with Crippen LogP contribution in [0.1, 0.15) is 52.3 Å². The van der Waals surface area contributed by atoms with Crippen LogP contribution < -0.4 is 5.73 Å². The Morgan fingerprint density at radius 2 is 2.00 bits per heavy atom. The highest BCUT2D eigenvalue weighted by Gasteiger charge is 2.20. The van der Waals surface area contributed by atoms with E-state index in [2.05, 4.69) is 27.7 Å². The molecule has 2 nitrogen and oxygen atoms in total. The highest BCUT2D eigenvalue weighted by molar-refractivity contribution is 6.34. The van der Waals surface area contributed by atoms with Gasteiger partial charge >= 0.3 is 0 Å². The lowest BCUT2D eigenvalue weighted by atomic mass is 9.83. The number of hydrogen-bond acceptors (Lipinski definition) is 2. The van der Waals surface area contributed by atoms with Crippen molar-refractivity contribution in [3.63, 3.8) is 0 Å². The fourth-order valence-electron chi connectivity index (χ4n) is 2.91. The molecule has 20 heavy (non-hydrogen) atoms. The van der Waals surface area contributed by atoms with Gasteiger partial charge in [0.25, 0.3) is 0 Å². The van der Waals surface area contributed by atoms with Crippen LogP contribution in [0.2, 0.25) is 5.02 Å². The van der Waals surface area contributed by atoms with Crippen LogP contribution in [-0.2, 0) is 0 Å². The van der Waals surface area contributed by atoms with Gasteiger partial charge in [0.05, 0.1) is 11.1 Å². The van der Waals surface area contributed by atoms with Gasteiger partial charge in [-0.1, -0.05) is 51.4 Å². The van der Waals surface area contributed by atoms with Crippen molar-refractivity contribution in [3.05, 3.63) is 35.0 Å². The number of nitrogens with two attached hydrogens (primary N) is 1. The summed E-state index contributed by atoms with van der Waals surface area (Å²) in [4.78, 5) is 0. The first kappa shape index (κ1) is 15.4. The van der Waals surface area contributed by atoms with Crippen LogP contribution in [0.5, 0.6) is 0 Å². The third-order valence-electron chi connectivity index (χ3n) is 3.50. The molecular weight excluding hydrogens is 270 g/mol. The Morgan fingerprint density at radius 1 is 1.30 bits per heavy atom. The van der Waals surface area contributed by atoms with E-state index in [1.165, 1.54) is 0 Å². The Hall–Kier alpha value is -0.990. The summed E-state index contributed by atoms with van der Waals surface area (Å²) in [7, 11) is 0. The monoisotopic (exact) mass is 293 g/mol. The van der Waals surface area contributed by atoms with E-state index < -0.39 is 0 Å². The van der Waals surface area contributed by atoms with Gasteiger partial charge < -0.3 is 10.2 Å². The molecule has 1 aromatic heterocycles. The molecule has 2 unspecified atom stereocenters. The number of rotatable bonds is 4. The minimum absolute atomic E-state index is 0.0733. The summed E-state index contributed by atoms with van der Waals surface area (Å²) in [6, 6.07) is 7.70. The highest BCUT2D eigenvalue weighted by Crippen LogP contribution is 2.33. The van der Waals surface area contributed by atoms with E-state index in [1.807, 2.05) is 24.3 Å². The molecule has 0 fully saturated rings. The lowest BCUT2D eigenvalue weighted by Crippen LogP contribution is -2.17. The Morgan fingerprint density at radius 3 is 2.60 bits per heavy atom. The van der Waals surface area contributed by atoms with Crippen molar-refractivity contribution in [2.75, 3.05) is 0 Å². The van der Waals surface area contributed by atoms with E-state index >= 15 is 0 Å². The fourth-order valence-corrected chi connectivity index (χ4v) is 3.13. The zero-order valence-electron chi connectivity index (χ0n) is 12.7. The fraction of sp³-hybridized carbons (Fsp3) is 0.529. The summed E-state index contributed by atoms with van der Waals surface area (Å²) in [6.07, 6.45) is 2.08. The van der Waals surface area contributed by atoms with Crippen molar-refractivity contribution in [3.8, 4) is 0 Å². The molecular formula is C17H24ClNO. The van der Waals surface area contributed by atoms with E-state index in [4.69, 9.17) is 21.8 Å². The summed E-state index contributed by atoms with van der Waals surface area (Å²) < 4.78 is 5.83. The third-order valence-corrected chi connectivity index (χ3v) is 3.80. The number of fused-ring (bicyclic) bond motifs is 1. The Balaban J connectivity index is 2.11. The lowest BCUT2D eigenvalue weighted by molar-refractivity contribution is 0.280. The predicted octanol–water partition coefficient (Wildman–Crippen LogP) is 5.55. The molecule has 1 heterocycles. The summed E-state index contributed by atoms with van der Waals surface area (Å²) in [6.45, 7) is 9.03. The largest absolute Gasteiger partial charge is 0.458 e. The minimum Gasteiger partial charge on any atom is -0.458 e. The van der Waals surface area contributed by atoms with Crippen molar-refractivity contribution in [2.45, 2.75) is 46.6 Å². The molecule has 2 aromatic rings. The highest BCUT2D eigenvalue weighted by atomic mass is 35.5. The normalized spacial score (nSPS) is 15.5. The van der Waals surface area contributed by atoms with E-state index in [9.17, 15) is 0 Å². The van der Waals surface area contributed by atoms with Crippen molar-refractivity contribution >= 4 is 22.6 Å². The van der Waals surface area contributed by atoms with Crippen LogP contribution in [0.25, 0.3) is 11.0 Å². The molecule has 0 saturated carbocycles. The summed E-state index contributed by atoms with van der Waals surface area (Å²) in [5.74, 6) is 1.39. The predicted molar refractivity (Wildman–Crippen MR) is 86.0 cm³/mol. The smallest absolute Gasteiger partial charge is 0.152 e.